The van der Waals surface area contributed by atoms with Crippen LogP contribution in [0.1, 0.15) is 19.3 Å². The summed E-state index contributed by atoms with van der Waals surface area (Å²) in [5.41, 5.74) is 5.24. The van der Waals surface area contributed by atoms with Gasteiger partial charge in [-0.1, -0.05) is 23.0 Å². The van der Waals surface area contributed by atoms with E-state index in [1.54, 1.807) is 0 Å². The average molecular weight is 168 g/mol. The lowest BCUT2D eigenvalue weighted by Crippen LogP contribution is -2.02. The zero-order chi connectivity index (χ0) is 8.39. The minimum Gasteiger partial charge on any atom is -0.390 e. The van der Waals surface area contributed by atoms with Gasteiger partial charge in [0, 0.05) is 6.54 Å². The summed E-state index contributed by atoms with van der Waals surface area (Å²) < 4.78 is 4.93. The zero-order valence-corrected chi connectivity index (χ0v) is 6.79. The topological polar surface area (TPSA) is 77.0 Å². The van der Waals surface area contributed by atoms with Crippen LogP contribution in [0.3, 0.4) is 0 Å². The van der Waals surface area contributed by atoms with E-state index in [9.17, 15) is 0 Å². The Morgan fingerprint density at radius 1 is 1.50 bits per heavy atom. The summed E-state index contributed by atoms with van der Waals surface area (Å²) in [4.78, 5) is 0. The molecule has 0 unspecified atom stereocenters. The molecule has 1 saturated carbocycles. The molecule has 0 radical (unpaired) electrons. The minimum absolute atomic E-state index is 0.115. The third kappa shape index (κ3) is 1.87. The predicted octanol–water partition coefficient (Wildman–Crippen LogP) is 0.864. The third-order valence-electron chi connectivity index (χ3n) is 1.97. The molecule has 0 saturated heterocycles. The van der Waals surface area contributed by atoms with Crippen molar-refractivity contribution in [2.24, 2.45) is 5.92 Å². The van der Waals surface area contributed by atoms with Crippen molar-refractivity contribution in [2.75, 3.05) is 17.6 Å². The van der Waals surface area contributed by atoms with E-state index in [-0.39, 0.29) is 6.01 Å². The maximum Gasteiger partial charge on any atom is 0.316 e. The van der Waals surface area contributed by atoms with Crippen molar-refractivity contribution in [3.05, 3.63) is 0 Å². The van der Waals surface area contributed by atoms with Crippen molar-refractivity contribution in [3.8, 4) is 0 Å². The Hall–Kier alpha value is -1.26. The van der Waals surface area contributed by atoms with E-state index in [2.05, 4.69) is 15.5 Å². The van der Waals surface area contributed by atoms with Gasteiger partial charge in [-0.3, -0.25) is 0 Å². The fourth-order valence-corrected chi connectivity index (χ4v) is 1.10. The number of nitrogens with two attached hydrogens (primary N) is 1. The molecule has 5 heteroatoms. The van der Waals surface area contributed by atoms with Gasteiger partial charge in [0.15, 0.2) is 0 Å². The summed E-state index contributed by atoms with van der Waals surface area (Å²) in [7, 11) is 0. The molecule has 1 aliphatic carbocycles. The molecule has 0 spiro atoms. The minimum atomic E-state index is 0.115. The van der Waals surface area contributed by atoms with E-state index in [0.717, 1.165) is 12.5 Å². The molecule has 5 nitrogen and oxygen atoms in total. The first-order valence-corrected chi connectivity index (χ1v) is 4.17. The van der Waals surface area contributed by atoms with Crippen LogP contribution in [0.25, 0.3) is 0 Å². The van der Waals surface area contributed by atoms with Crippen LogP contribution in [0.2, 0.25) is 0 Å². The second-order valence-electron chi connectivity index (χ2n) is 3.10. The molecule has 0 amide bonds. The van der Waals surface area contributed by atoms with Gasteiger partial charge in [-0.05, 0) is 12.3 Å². The molecule has 1 aromatic heterocycles. The molecule has 1 fully saturated rings. The quantitative estimate of drug-likeness (QED) is 0.697. The number of hydrogen-bond acceptors (Lipinski definition) is 5. The second-order valence-corrected chi connectivity index (χ2v) is 3.10. The van der Waals surface area contributed by atoms with Gasteiger partial charge in [-0.15, -0.1) is 0 Å². The first-order valence-electron chi connectivity index (χ1n) is 4.17. The van der Waals surface area contributed by atoms with E-state index in [0.29, 0.717) is 6.01 Å². The molecule has 0 bridgehead atoms. The number of nitrogen functional groups attached to an aromatic ring is 1. The molecule has 2 rings (SSSR count). The van der Waals surface area contributed by atoms with E-state index in [1.807, 2.05) is 0 Å². The molecule has 66 valence electrons. The van der Waals surface area contributed by atoms with Gasteiger partial charge < -0.3 is 15.5 Å². The second kappa shape index (κ2) is 3.00. The number of nitrogens with one attached hydrogen (secondary N) is 1. The van der Waals surface area contributed by atoms with E-state index < -0.39 is 0 Å². The van der Waals surface area contributed by atoms with Gasteiger partial charge in [-0.25, -0.2) is 0 Å². The molecule has 1 aromatic rings. The smallest absolute Gasteiger partial charge is 0.316 e. The highest BCUT2D eigenvalue weighted by Crippen LogP contribution is 2.31. The highest BCUT2D eigenvalue weighted by molar-refractivity contribution is 5.22. The summed E-state index contributed by atoms with van der Waals surface area (Å²) in [5, 5.41) is 10.2. The van der Waals surface area contributed by atoms with E-state index >= 15 is 0 Å². The molecule has 12 heavy (non-hydrogen) atoms. The van der Waals surface area contributed by atoms with Gasteiger partial charge >= 0.3 is 12.0 Å². The summed E-state index contributed by atoms with van der Waals surface area (Å²) in [6.07, 6.45) is 3.92. The fourth-order valence-electron chi connectivity index (χ4n) is 1.10. The summed E-state index contributed by atoms with van der Waals surface area (Å²) in [6.45, 7) is 0.895. The summed E-state index contributed by atoms with van der Waals surface area (Å²) in [6, 6.07) is 0.539. The Labute approximate surface area is 70.3 Å². The largest absolute Gasteiger partial charge is 0.390 e. The van der Waals surface area contributed by atoms with Gasteiger partial charge in [-0.2, -0.15) is 0 Å². The average Bonchev–Trinajstić information content (AvgIpc) is 2.76. The van der Waals surface area contributed by atoms with Crippen LogP contribution in [0, 0.1) is 5.92 Å². The Kier molecular flexibility index (Phi) is 1.85. The Morgan fingerprint density at radius 2 is 2.33 bits per heavy atom. The van der Waals surface area contributed by atoms with Crippen molar-refractivity contribution in [1.82, 2.24) is 10.2 Å². The maximum atomic E-state index is 5.24. The third-order valence-corrected chi connectivity index (χ3v) is 1.97. The first-order chi connectivity index (χ1) is 5.84. The monoisotopic (exact) mass is 168 g/mol. The zero-order valence-electron chi connectivity index (χ0n) is 6.79. The van der Waals surface area contributed by atoms with Gasteiger partial charge in [0.2, 0.25) is 0 Å². The molecular weight excluding hydrogens is 156 g/mol. The maximum absolute atomic E-state index is 5.24. The first kappa shape index (κ1) is 7.39. The normalized spacial score (nSPS) is 16.3. The van der Waals surface area contributed by atoms with Crippen LogP contribution in [-0.2, 0) is 0 Å². The number of anilines is 2. The summed E-state index contributed by atoms with van der Waals surface area (Å²) >= 11 is 0. The van der Waals surface area contributed by atoms with Crippen molar-refractivity contribution in [3.63, 3.8) is 0 Å². The molecule has 0 aliphatic heterocycles. The number of nitrogens with zero attached hydrogens (tertiary/aromatic N) is 2. The molecule has 0 atom stereocenters. The highest BCUT2D eigenvalue weighted by Gasteiger charge is 2.20. The lowest BCUT2D eigenvalue weighted by molar-refractivity contribution is 0.582. The van der Waals surface area contributed by atoms with Gasteiger partial charge in [0.1, 0.15) is 0 Å². The van der Waals surface area contributed by atoms with Crippen LogP contribution in [-0.4, -0.2) is 16.7 Å². The molecular formula is C7H12N4O. The van der Waals surface area contributed by atoms with Crippen LogP contribution in [0.4, 0.5) is 12.0 Å². The highest BCUT2D eigenvalue weighted by atomic mass is 16.4. The Morgan fingerprint density at radius 3 is 2.92 bits per heavy atom. The fraction of sp³-hybridized carbons (Fsp3) is 0.714. The number of hydrogen-bond donors (Lipinski definition) is 2. The number of aromatic nitrogens is 2. The lowest BCUT2D eigenvalue weighted by atomic mass is 10.3. The molecule has 1 aliphatic rings. The van der Waals surface area contributed by atoms with Crippen molar-refractivity contribution in [1.29, 1.82) is 0 Å². The molecule has 0 aromatic carbocycles. The van der Waals surface area contributed by atoms with Crippen LogP contribution in [0.5, 0.6) is 0 Å². The Balaban J connectivity index is 1.71. The van der Waals surface area contributed by atoms with E-state index in [1.165, 1.54) is 19.3 Å². The van der Waals surface area contributed by atoms with Crippen LogP contribution < -0.4 is 11.1 Å². The van der Waals surface area contributed by atoms with Crippen LogP contribution in [0.15, 0.2) is 4.42 Å². The lowest BCUT2D eigenvalue weighted by Gasteiger charge is -1.97. The predicted molar refractivity (Wildman–Crippen MR) is 44.5 cm³/mol. The standard InChI is InChI=1S/C7H12N4O/c8-6-10-11-7(12-6)9-4-3-5-1-2-5/h5H,1-4H2,(H2,8,10)(H,9,11). The SMILES string of the molecule is Nc1nnc(NCCC2CC2)o1. The van der Waals surface area contributed by atoms with Crippen molar-refractivity contribution < 1.29 is 4.42 Å². The Bertz CT molecular complexity index is 256. The van der Waals surface area contributed by atoms with E-state index in [4.69, 9.17) is 10.2 Å². The molecule has 1 heterocycles. The molecule has 3 N–H and O–H groups in total. The van der Waals surface area contributed by atoms with Gasteiger partial charge in [0.25, 0.3) is 0 Å². The van der Waals surface area contributed by atoms with Crippen molar-refractivity contribution >= 4 is 12.0 Å². The van der Waals surface area contributed by atoms with Crippen molar-refractivity contribution in [2.45, 2.75) is 19.3 Å². The summed E-state index contributed by atoms with van der Waals surface area (Å²) in [5.74, 6) is 0.915. The number of rotatable bonds is 4. The van der Waals surface area contributed by atoms with Crippen LogP contribution >= 0.6 is 0 Å². The van der Waals surface area contributed by atoms with Gasteiger partial charge in [0.05, 0.1) is 0 Å².